The predicted octanol–water partition coefficient (Wildman–Crippen LogP) is 1.43. The first-order valence-electron chi connectivity index (χ1n) is 6.20. The van der Waals surface area contributed by atoms with Crippen molar-refractivity contribution in [3.05, 3.63) is 33.9 Å². The molecule has 0 fully saturated rings. The number of fused-ring (bicyclic) bond motifs is 1. The summed E-state index contributed by atoms with van der Waals surface area (Å²) in [5, 5.41) is 10.9. The summed E-state index contributed by atoms with van der Waals surface area (Å²) in [7, 11) is 3.65. The first-order valence-corrected chi connectivity index (χ1v) is 6.20. The zero-order chi connectivity index (χ0) is 14.0. The second-order valence-electron chi connectivity index (χ2n) is 4.88. The van der Waals surface area contributed by atoms with Crippen molar-refractivity contribution in [2.45, 2.75) is 19.0 Å². The summed E-state index contributed by atoms with van der Waals surface area (Å²) in [6, 6.07) is 4.87. The highest BCUT2D eigenvalue weighted by Gasteiger charge is 2.26. The van der Waals surface area contributed by atoms with Gasteiger partial charge >= 0.3 is 0 Å². The summed E-state index contributed by atoms with van der Waals surface area (Å²) in [5.41, 5.74) is 1.92. The molecule has 19 heavy (non-hydrogen) atoms. The third-order valence-electron chi connectivity index (χ3n) is 3.40. The van der Waals surface area contributed by atoms with Gasteiger partial charge in [0.05, 0.1) is 4.92 Å². The smallest absolute Gasteiger partial charge is 0.271 e. The molecule has 1 atom stereocenters. The van der Waals surface area contributed by atoms with Gasteiger partial charge in [-0.2, -0.15) is 0 Å². The van der Waals surface area contributed by atoms with Crippen LogP contribution in [0.5, 0.6) is 0 Å². The summed E-state index contributed by atoms with van der Waals surface area (Å²) in [4.78, 5) is 25.5. The van der Waals surface area contributed by atoms with Gasteiger partial charge in [0.25, 0.3) is 5.69 Å². The topological polar surface area (TPSA) is 66.7 Å². The molecule has 0 aliphatic carbocycles. The SMILES string of the molecule is CN(C)C(C=O)N1CCCc2ccc([N+](=O)[O-])cc21. The maximum absolute atomic E-state index is 11.3. The first kappa shape index (κ1) is 13.5. The lowest BCUT2D eigenvalue weighted by Crippen LogP contribution is -2.48. The van der Waals surface area contributed by atoms with E-state index in [0.29, 0.717) is 0 Å². The number of hydrogen-bond acceptors (Lipinski definition) is 5. The molecular weight excluding hydrogens is 246 g/mol. The maximum Gasteiger partial charge on any atom is 0.271 e. The number of nitro benzene ring substituents is 1. The average molecular weight is 263 g/mol. The van der Waals surface area contributed by atoms with Crippen molar-refractivity contribution in [1.82, 2.24) is 4.90 Å². The van der Waals surface area contributed by atoms with Crippen molar-refractivity contribution in [2.75, 3.05) is 25.5 Å². The monoisotopic (exact) mass is 263 g/mol. The minimum absolute atomic E-state index is 0.0639. The van der Waals surface area contributed by atoms with Crippen LogP contribution in [-0.2, 0) is 11.2 Å². The molecule has 1 aromatic rings. The fraction of sp³-hybridized carbons (Fsp3) is 0.462. The Morgan fingerprint density at radius 3 is 2.79 bits per heavy atom. The zero-order valence-corrected chi connectivity index (χ0v) is 11.1. The van der Waals surface area contributed by atoms with Crippen LogP contribution in [0.1, 0.15) is 12.0 Å². The van der Waals surface area contributed by atoms with Gasteiger partial charge in [-0.05, 0) is 32.5 Å². The van der Waals surface area contributed by atoms with Crippen molar-refractivity contribution in [3.8, 4) is 0 Å². The Morgan fingerprint density at radius 2 is 2.21 bits per heavy atom. The molecule has 0 saturated heterocycles. The van der Waals surface area contributed by atoms with E-state index in [2.05, 4.69) is 0 Å². The number of non-ortho nitro benzene ring substituents is 1. The lowest BCUT2D eigenvalue weighted by atomic mass is 10.0. The van der Waals surface area contributed by atoms with Crippen LogP contribution in [-0.4, -0.2) is 42.9 Å². The molecule has 0 bridgehead atoms. The van der Waals surface area contributed by atoms with E-state index < -0.39 is 4.92 Å². The second-order valence-corrected chi connectivity index (χ2v) is 4.88. The molecule has 1 aliphatic rings. The Hall–Kier alpha value is -1.95. The van der Waals surface area contributed by atoms with Crippen LogP contribution in [0.2, 0.25) is 0 Å². The third-order valence-corrected chi connectivity index (χ3v) is 3.40. The lowest BCUT2D eigenvalue weighted by molar-refractivity contribution is -0.384. The van der Waals surface area contributed by atoms with Gasteiger partial charge in [0, 0.05) is 24.4 Å². The molecule has 0 N–H and O–H groups in total. The van der Waals surface area contributed by atoms with Crippen molar-refractivity contribution in [1.29, 1.82) is 0 Å². The number of likely N-dealkylation sites (N-methyl/N-ethyl adjacent to an activating group) is 1. The van der Waals surface area contributed by atoms with E-state index in [0.717, 1.165) is 36.9 Å². The highest BCUT2D eigenvalue weighted by molar-refractivity contribution is 5.69. The fourth-order valence-electron chi connectivity index (χ4n) is 2.45. The van der Waals surface area contributed by atoms with Crippen LogP contribution in [0.15, 0.2) is 18.2 Å². The maximum atomic E-state index is 11.3. The molecule has 6 nitrogen and oxygen atoms in total. The van der Waals surface area contributed by atoms with Crippen LogP contribution in [0, 0.1) is 10.1 Å². The van der Waals surface area contributed by atoms with E-state index in [9.17, 15) is 14.9 Å². The zero-order valence-electron chi connectivity index (χ0n) is 11.1. The third kappa shape index (κ3) is 2.58. The Labute approximate surface area is 111 Å². The molecule has 0 spiro atoms. The van der Waals surface area contributed by atoms with Crippen molar-refractivity contribution in [2.24, 2.45) is 0 Å². The molecule has 2 rings (SSSR count). The van der Waals surface area contributed by atoms with Crippen LogP contribution in [0.3, 0.4) is 0 Å². The number of anilines is 1. The Morgan fingerprint density at radius 1 is 1.47 bits per heavy atom. The van der Waals surface area contributed by atoms with Gasteiger partial charge < -0.3 is 4.90 Å². The molecule has 1 heterocycles. The van der Waals surface area contributed by atoms with E-state index in [4.69, 9.17) is 0 Å². The molecule has 0 radical (unpaired) electrons. The average Bonchev–Trinajstić information content (AvgIpc) is 2.38. The van der Waals surface area contributed by atoms with Crippen molar-refractivity contribution < 1.29 is 9.72 Å². The van der Waals surface area contributed by atoms with Crippen molar-refractivity contribution in [3.63, 3.8) is 0 Å². The lowest BCUT2D eigenvalue weighted by Gasteiger charge is -2.38. The highest BCUT2D eigenvalue weighted by Crippen LogP contribution is 2.32. The van der Waals surface area contributed by atoms with E-state index in [1.54, 1.807) is 17.0 Å². The predicted molar refractivity (Wildman–Crippen MR) is 72.3 cm³/mol. The normalized spacial score (nSPS) is 16.1. The van der Waals surface area contributed by atoms with Crippen LogP contribution < -0.4 is 4.90 Å². The fourth-order valence-corrected chi connectivity index (χ4v) is 2.45. The first-order chi connectivity index (χ1) is 9.04. The number of carbonyl (C=O) groups is 1. The number of hydrogen-bond donors (Lipinski definition) is 0. The van der Waals surface area contributed by atoms with Gasteiger partial charge in [0.15, 0.2) is 6.29 Å². The second kappa shape index (κ2) is 5.36. The number of benzene rings is 1. The standard InChI is InChI=1S/C13H17N3O3/c1-14(2)13(9-17)15-7-3-4-10-5-6-11(16(18)19)8-12(10)15/h5-6,8-9,13H,3-4,7H2,1-2H3. The summed E-state index contributed by atoms with van der Waals surface area (Å²) in [6.07, 6.45) is 2.32. The molecule has 1 aliphatic heterocycles. The van der Waals surface area contributed by atoms with E-state index >= 15 is 0 Å². The minimum atomic E-state index is -0.404. The van der Waals surface area contributed by atoms with Gasteiger partial charge in [0.1, 0.15) is 6.17 Å². The van der Waals surface area contributed by atoms with E-state index in [1.807, 2.05) is 19.0 Å². The van der Waals surface area contributed by atoms with E-state index in [-0.39, 0.29) is 11.9 Å². The molecule has 1 unspecified atom stereocenters. The molecule has 0 amide bonds. The summed E-state index contributed by atoms with van der Waals surface area (Å²) in [6.45, 7) is 0.732. The highest BCUT2D eigenvalue weighted by atomic mass is 16.6. The van der Waals surface area contributed by atoms with Gasteiger partial charge in [-0.3, -0.25) is 19.8 Å². The number of carbonyl (C=O) groups excluding carboxylic acids is 1. The number of aryl methyl sites for hydroxylation is 1. The number of nitrogens with zero attached hydrogens (tertiary/aromatic N) is 3. The quantitative estimate of drug-likeness (QED) is 0.467. The molecule has 1 aromatic carbocycles. The Bertz CT molecular complexity index is 502. The summed E-state index contributed by atoms with van der Waals surface area (Å²) >= 11 is 0. The Kier molecular flexibility index (Phi) is 3.80. The summed E-state index contributed by atoms with van der Waals surface area (Å²) < 4.78 is 0. The van der Waals surface area contributed by atoms with Gasteiger partial charge in [-0.15, -0.1) is 0 Å². The molecule has 102 valence electrons. The molecule has 0 aromatic heterocycles. The number of nitro groups is 1. The number of rotatable bonds is 4. The Balaban J connectivity index is 2.44. The van der Waals surface area contributed by atoms with Gasteiger partial charge in [0.2, 0.25) is 0 Å². The van der Waals surface area contributed by atoms with Crippen LogP contribution >= 0.6 is 0 Å². The summed E-state index contributed by atoms with van der Waals surface area (Å²) in [5.74, 6) is 0. The number of aldehydes is 1. The molecule has 6 heteroatoms. The van der Waals surface area contributed by atoms with Crippen LogP contribution in [0.4, 0.5) is 11.4 Å². The molecular formula is C13H17N3O3. The van der Waals surface area contributed by atoms with Crippen LogP contribution in [0.25, 0.3) is 0 Å². The minimum Gasteiger partial charge on any atom is -0.349 e. The van der Waals surface area contributed by atoms with Gasteiger partial charge in [-0.25, -0.2) is 0 Å². The largest absolute Gasteiger partial charge is 0.349 e. The van der Waals surface area contributed by atoms with Crippen molar-refractivity contribution >= 4 is 17.7 Å². The van der Waals surface area contributed by atoms with Gasteiger partial charge in [-0.1, -0.05) is 6.07 Å². The molecule has 0 saturated carbocycles. The van der Waals surface area contributed by atoms with E-state index in [1.165, 1.54) is 6.07 Å².